The predicted octanol–water partition coefficient (Wildman–Crippen LogP) is 0.995. The summed E-state index contributed by atoms with van der Waals surface area (Å²) in [6.07, 6.45) is 4.33. The van der Waals surface area contributed by atoms with E-state index in [0.29, 0.717) is 19.3 Å². The van der Waals surface area contributed by atoms with Crippen LogP contribution in [0.2, 0.25) is 0 Å². The van der Waals surface area contributed by atoms with Gasteiger partial charge in [-0.2, -0.15) is 11.8 Å². The molecule has 7 heteroatoms. The summed E-state index contributed by atoms with van der Waals surface area (Å²) in [7, 11) is 0. The Morgan fingerprint density at radius 2 is 2.39 bits per heavy atom. The number of aliphatic hydroxyl groups is 1. The molecule has 134 valence electrons. The van der Waals surface area contributed by atoms with E-state index in [0.717, 1.165) is 69.5 Å². The lowest BCUT2D eigenvalue weighted by atomic mass is 10.1. The monoisotopic (exact) mass is 345 g/mol. The van der Waals surface area contributed by atoms with Crippen LogP contribution in [0, 0.1) is 0 Å². The zero-order chi connectivity index (χ0) is 16.4. The second kappa shape index (κ2) is 10.4. The minimum absolute atomic E-state index is 0.298. The van der Waals surface area contributed by atoms with Crippen molar-refractivity contribution in [2.45, 2.75) is 44.3 Å². The molecule has 0 aromatic rings. The van der Waals surface area contributed by atoms with Gasteiger partial charge in [0, 0.05) is 32.1 Å². The van der Waals surface area contributed by atoms with Crippen LogP contribution in [-0.2, 0) is 9.47 Å². The molecule has 2 aliphatic rings. The first-order valence-electron chi connectivity index (χ1n) is 8.73. The Kier molecular flexibility index (Phi) is 8.50. The lowest BCUT2D eigenvalue weighted by molar-refractivity contribution is 0.0168. The van der Waals surface area contributed by atoms with Crippen molar-refractivity contribution in [3.8, 4) is 0 Å². The maximum atomic E-state index is 10.3. The summed E-state index contributed by atoms with van der Waals surface area (Å²) < 4.78 is 11.2. The third kappa shape index (κ3) is 7.28. The van der Waals surface area contributed by atoms with Gasteiger partial charge in [0.2, 0.25) is 0 Å². The predicted molar refractivity (Wildman–Crippen MR) is 95.3 cm³/mol. The Balaban J connectivity index is 1.57. The smallest absolute Gasteiger partial charge is 0.191 e. The number of nitrogens with zero attached hydrogens (tertiary/aromatic N) is 1. The van der Waals surface area contributed by atoms with Crippen molar-refractivity contribution >= 4 is 17.7 Å². The summed E-state index contributed by atoms with van der Waals surface area (Å²) in [5, 5.41) is 16.9. The summed E-state index contributed by atoms with van der Waals surface area (Å²) >= 11 is 1.80. The average Bonchev–Trinajstić information content (AvgIpc) is 3.20. The van der Waals surface area contributed by atoms with Gasteiger partial charge in [-0.15, -0.1) is 0 Å². The molecule has 0 aromatic heterocycles. The fourth-order valence-electron chi connectivity index (χ4n) is 2.66. The molecule has 23 heavy (non-hydrogen) atoms. The van der Waals surface area contributed by atoms with Crippen LogP contribution in [0.1, 0.15) is 32.6 Å². The number of rotatable bonds is 9. The van der Waals surface area contributed by atoms with Gasteiger partial charge < -0.3 is 25.2 Å². The van der Waals surface area contributed by atoms with Crippen LogP contribution in [0.4, 0.5) is 0 Å². The highest BCUT2D eigenvalue weighted by Gasteiger charge is 2.31. The molecule has 0 amide bonds. The lowest BCUT2D eigenvalue weighted by Gasteiger charge is -2.19. The number of hydrogen-bond donors (Lipinski definition) is 3. The summed E-state index contributed by atoms with van der Waals surface area (Å²) in [5.41, 5.74) is -0.628. The van der Waals surface area contributed by atoms with Crippen LogP contribution in [-0.4, -0.2) is 73.7 Å². The molecule has 0 radical (unpaired) electrons. The summed E-state index contributed by atoms with van der Waals surface area (Å²) in [5.74, 6) is 2.59. The molecule has 0 spiro atoms. The second-order valence-corrected chi connectivity index (χ2v) is 7.32. The normalized spacial score (nSPS) is 28.3. The number of aliphatic imine (C=N–C) groups is 1. The van der Waals surface area contributed by atoms with Crippen molar-refractivity contribution in [2.24, 2.45) is 4.99 Å². The molecule has 2 atom stereocenters. The number of hydrogen-bond acceptors (Lipinski definition) is 5. The highest BCUT2D eigenvalue weighted by Crippen LogP contribution is 2.27. The Bertz CT molecular complexity index is 356. The molecule has 2 aliphatic heterocycles. The zero-order valence-corrected chi connectivity index (χ0v) is 15.0. The van der Waals surface area contributed by atoms with E-state index in [9.17, 15) is 5.11 Å². The third-order valence-corrected chi connectivity index (χ3v) is 5.28. The van der Waals surface area contributed by atoms with Crippen molar-refractivity contribution in [1.29, 1.82) is 0 Å². The minimum atomic E-state index is -0.628. The quantitative estimate of drug-likeness (QED) is 0.329. The maximum absolute atomic E-state index is 10.3. The molecule has 0 aliphatic carbocycles. The maximum Gasteiger partial charge on any atom is 0.191 e. The highest BCUT2D eigenvalue weighted by molar-refractivity contribution is 7.99. The average molecular weight is 346 g/mol. The number of thioether (sulfide) groups is 1. The van der Waals surface area contributed by atoms with Gasteiger partial charge in [-0.25, -0.2) is 0 Å². The molecule has 0 saturated carbocycles. The van der Waals surface area contributed by atoms with E-state index < -0.39 is 5.60 Å². The second-order valence-electron chi connectivity index (χ2n) is 6.21. The number of ether oxygens (including phenoxy) is 2. The van der Waals surface area contributed by atoms with E-state index in [1.54, 1.807) is 11.8 Å². The van der Waals surface area contributed by atoms with Gasteiger partial charge in [-0.05, 0) is 38.4 Å². The van der Waals surface area contributed by atoms with Gasteiger partial charge in [0.25, 0.3) is 0 Å². The molecule has 2 fully saturated rings. The van der Waals surface area contributed by atoms with Gasteiger partial charge in [0.15, 0.2) is 5.96 Å². The molecular weight excluding hydrogens is 314 g/mol. The molecule has 0 bridgehead atoms. The number of nitrogens with one attached hydrogen (secondary N) is 2. The van der Waals surface area contributed by atoms with Gasteiger partial charge in [-0.1, -0.05) is 0 Å². The van der Waals surface area contributed by atoms with Crippen LogP contribution in [0.3, 0.4) is 0 Å². The van der Waals surface area contributed by atoms with E-state index in [4.69, 9.17) is 9.47 Å². The van der Waals surface area contributed by atoms with E-state index in [-0.39, 0.29) is 0 Å². The molecule has 2 unspecified atom stereocenters. The Hall–Kier alpha value is -0.500. The fraction of sp³-hybridized carbons (Fsp3) is 0.938. The van der Waals surface area contributed by atoms with Crippen molar-refractivity contribution < 1.29 is 14.6 Å². The van der Waals surface area contributed by atoms with E-state index >= 15 is 0 Å². The third-order valence-electron chi connectivity index (χ3n) is 4.04. The standard InChI is InChI=1S/C16H31N3O3S/c1-2-17-15(19-12-16(20)6-10-23-13-16)18-7-4-8-21-11-14-5-3-9-22-14/h14,20H,2-13H2,1H3,(H2,17,18,19). The SMILES string of the molecule is CCNC(=NCC1(O)CCSC1)NCCCOCC1CCCO1. The Labute approximate surface area is 143 Å². The van der Waals surface area contributed by atoms with Gasteiger partial charge in [0.1, 0.15) is 0 Å². The van der Waals surface area contributed by atoms with Crippen LogP contribution >= 0.6 is 11.8 Å². The summed E-state index contributed by atoms with van der Waals surface area (Å²) in [6.45, 7) is 6.45. The van der Waals surface area contributed by atoms with Crippen molar-refractivity contribution in [2.75, 3.05) is 51.0 Å². The molecule has 3 N–H and O–H groups in total. The van der Waals surface area contributed by atoms with E-state index in [1.807, 2.05) is 6.92 Å². The molecule has 2 heterocycles. The van der Waals surface area contributed by atoms with Crippen LogP contribution in [0.15, 0.2) is 4.99 Å². The summed E-state index contributed by atoms with van der Waals surface area (Å²) in [6, 6.07) is 0. The topological polar surface area (TPSA) is 75.1 Å². The minimum Gasteiger partial charge on any atom is -0.387 e. The van der Waals surface area contributed by atoms with Crippen molar-refractivity contribution in [3.63, 3.8) is 0 Å². The van der Waals surface area contributed by atoms with E-state index in [2.05, 4.69) is 15.6 Å². The molecule has 0 aromatic carbocycles. The van der Waals surface area contributed by atoms with Crippen molar-refractivity contribution in [3.05, 3.63) is 0 Å². The van der Waals surface area contributed by atoms with Crippen LogP contribution in [0.25, 0.3) is 0 Å². The van der Waals surface area contributed by atoms with E-state index in [1.165, 1.54) is 0 Å². The first-order valence-corrected chi connectivity index (χ1v) is 9.89. The van der Waals surface area contributed by atoms with Crippen LogP contribution < -0.4 is 10.6 Å². The fourth-order valence-corrected chi connectivity index (χ4v) is 3.94. The van der Waals surface area contributed by atoms with Gasteiger partial charge in [-0.3, -0.25) is 4.99 Å². The van der Waals surface area contributed by atoms with Gasteiger partial charge >= 0.3 is 0 Å². The number of guanidine groups is 1. The highest BCUT2D eigenvalue weighted by atomic mass is 32.2. The first-order chi connectivity index (χ1) is 11.2. The Morgan fingerprint density at radius 3 is 3.09 bits per heavy atom. The molecule has 2 saturated heterocycles. The largest absolute Gasteiger partial charge is 0.387 e. The van der Waals surface area contributed by atoms with Crippen LogP contribution in [0.5, 0.6) is 0 Å². The van der Waals surface area contributed by atoms with Crippen molar-refractivity contribution in [1.82, 2.24) is 10.6 Å². The first kappa shape index (κ1) is 18.8. The Morgan fingerprint density at radius 1 is 1.48 bits per heavy atom. The lowest BCUT2D eigenvalue weighted by Crippen LogP contribution is -2.40. The molecule has 2 rings (SSSR count). The van der Waals surface area contributed by atoms with Gasteiger partial charge in [0.05, 0.1) is 24.9 Å². The molecular formula is C16H31N3O3S. The molecule has 6 nitrogen and oxygen atoms in total. The summed E-state index contributed by atoms with van der Waals surface area (Å²) in [4.78, 5) is 4.52. The zero-order valence-electron chi connectivity index (χ0n) is 14.2.